The summed E-state index contributed by atoms with van der Waals surface area (Å²) in [5.41, 5.74) is 7.69. The van der Waals surface area contributed by atoms with Crippen LogP contribution in [0.4, 0.5) is 0 Å². The van der Waals surface area contributed by atoms with Crippen molar-refractivity contribution in [2.45, 2.75) is 16.9 Å². The van der Waals surface area contributed by atoms with Crippen molar-refractivity contribution in [3.63, 3.8) is 0 Å². The largest absolute Gasteiger partial charge is 0.336 e. The van der Waals surface area contributed by atoms with Gasteiger partial charge in [-0.3, -0.25) is 4.79 Å². The van der Waals surface area contributed by atoms with Crippen molar-refractivity contribution >= 4 is 15.9 Å². The highest BCUT2D eigenvalue weighted by atomic mass is 32.2. The molecule has 6 nitrogen and oxygen atoms in total. The second-order valence-electron chi connectivity index (χ2n) is 6.13. The van der Waals surface area contributed by atoms with Crippen LogP contribution in [0.15, 0.2) is 59.5 Å². The van der Waals surface area contributed by atoms with Gasteiger partial charge in [0.2, 0.25) is 10.0 Å². The number of hydrogen-bond acceptors (Lipinski definition) is 4. The van der Waals surface area contributed by atoms with Gasteiger partial charge in [0, 0.05) is 30.6 Å². The van der Waals surface area contributed by atoms with E-state index >= 15 is 0 Å². The maximum atomic E-state index is 12.8. The van der Waals surface area contributed by atoms with Gasteiger partial charge in [0.25, 0.3) is 5.91 Å². The van der Waals surface area contributed by atoms with Gasteiger partial charge in [0.05, 0.1) is 4.90 Å². The van der Waals surface area contributed by atoms with E-state index < -0.39 is 10.0 Å². The molecule has 1 aliphatic heterocycles. The predicted octanol–water partition coefficient (Wildman–Crippen LogP) is 1.16. The first-order chi connectivity index (χ1) is 11.9. The summed E-state index contributed by atoms with van der Waals surface area (Å²) in [6.45, 7) is 0.967. The normalized spacial score (nSPS) is 20.6. The molecule has 0 spiro atoms. The highest BCUT2D eigenvalue weighted by Crippen LogP contribution is 2.27. The number of nitrogens with one attached hydrogen (secondary N) is 1. The minimum Gasteiger partial charge on any atom is -0.336 e. The molecule has 1 amide bonds. The first-order valence-corrected chi connectivity index (χ1v) is 9.54. The summed E-state index contributed by atoms with van der Waals surface area (Å²) in [5.74, 6) is -0.128. The number of hydrogen-bond donors (Lipinski definition) is 2. The molecule has 1 fully saturated rings. The SMILES string of the molecule is CNS(=O)(=O)c1cccc(C(=O)N2C[C@@H](N)[C@H](c3ccccc3)C2)c1. The fraction of sp³-hybridized carbons (Fsp3) is 0.278. The smallest absolute Gasteiger partial charge is 0.253 e. The Morgan fingerprint density at radius 3 is 2.52 bits per heavy atom. The molecule has 2 aromatic carbocycles. The highest BCUT2D eigenvalue weighted by molar-refractivity contribution is 7.89. The van der Waals surface area contributed by atoms with E-state index in [0.29, 0.717) is 18.7 Å². The molecular formula is C18H21N3O3S. The van der Waals surface area contributed by atoms with E-state index in [2.05, 4.69) is 4.72 Å². The van der Waals surface area contributed by atoms with Gasteiger partial charge >= 0.3 is 0 Å². The second-order valence-corrected chi connectivity index (χ2v) is 8.01. The fourth-order valence-electron chi connectivity index (χ4n) is 3.14. The van der Waals surface area contributed by atoms with Gasteiger partial charge in [-0.2, -0.15) is 0 Å². The van der Waals surface area contributed by atoms with Crippen LogP contribution in [0.5, 0.6) is 0 Å². The minimum absolute atomic E-state index is 0.0731. The number of carbonyl (C=O) groups is 1. The zero-order valence-corrected chi connectivity index (χ0v) is 14.7. The molecule has 0 saturated carbocycles. The Hall–Kier alpha value is -2.22. The van der Waals surface area contributed by atoms with Gasteiger partial charge in [-0.1, -0.05) is 36.4 Å². The number of nitrogens with two attached hydrogens (primary N) is 1. The molecule has 1 aliphatic rings. The van der Waals surface area contributed by atoms with Gasteiger partial charge in [-0.05, 0) is 30.8 Å². The molecule has 0 aromatic heterocycles. The van der Waals surface area contributed by atoms with E-state index in [1.54, 1.807) is 17.0 Å². The monoisotopic (exact) mass is 359 g/mol. The third-order valence-corrected chi connectivity index (χ3v) is 5.95. The number of amides is 1. The van der Waals surface area contributed by atoms with Crippen molar-refractivity contribution < 1.29 is 13.2 Å². The molecule has 2 aromatic rings. The molecule has 1 saturated heterocycles. The Morgan fingerprint density at radius 2 is 1.84 bits per heavy atom. The quantitative estimate of drug-likeness (QED) is 0.857. The van der Waals surface area contributed by atoms with Crippen LogP contribution >= 0.6 is 0 Å². The van der Waals surface area contributed by atoms with Crippen LogP contribution in [0, 0.1) is 0 Å². The number of carbonyl (C=O) groups excluding carboxylic acids is 1. The fourth-order valence-corrected chi connectivity index (χ4v) is 3.92. The molecular weight excluding hydrogens is 338 g/mol. The van der Waals surface area contributed by atoms with Gasteiger partial charge in [0.1, 0.15) is 0 Å². The summed E-state index contributed by atoms with van der Waals surface area (Å²) in [6.07, 6.45) is 0. The van der Waals surface area contributed by atoms with Gasteiger partial charge in [0.15, 0.2) is 0 Å². The van der Waals surface area contributed by atoms with Crippen LogP contribution in [0.1, 0.15) is 21.8 Å². The summed E-state index contributed by atoms with van der Waals surface area (Å²) in [6, 6.07) is 15.8. The standard InChI is InChI=1S/C18H21N3O3S/c1-20-25(23,24)15-9-5-8-14(10-15)18(22)21-11-16(17(19)12-21)13-6-3-2-4-7-13/h2-10,16-17,20H,11-12,19H2,1H3/t16-,17+/m0/s1. The Morgan fingerprint density at radius 1 is 1.12 bits per heavy atom. The third kappa shape index (κ3) is 3.58. The summed E-state index contributed by atoms with van der Waals surface area (Å²) in [7, 11) is -2.25. The molecule has 3 N–H and O–H groups in total. The Balaban J connectivity index is 1.82. The van der Waals surface area contributed by atoms with Gasteiger partial charge in [-0.15, -0.1) is 0 Å². The molecule has 132 valence electrons. The molecule has 0 bridgehead atoms. The van der Waals surface area contributed by atoms with Crippen LogP contribution in [-0.2, 0) is 10.0 Å². The summed E-state index contributed by atoms with van der Waals surface area (Å²) in [5, 5.41) is 0. The Bertz CT molecular complexity index is 868. The van der Waals surface area contributed by atoms with Crippen molar-refractivity contribution in [2.75, 3.05) is 20.1 Å². The van der Waals surface area contributed by atoms with E-state index in [0.717, 1.165) is 5.56 Å². The van der Waals surface area contributed by atoms with Gasteiger partial charge in [-0.25, -0.2) is 13.1 Å². The third-order valence-electron chi connectivity index (χ3n) is 4.54. The average Bonchev–Trinajstić information content (AvgIpc) is 3.03. The molecule has 0 radical (unpaired) electrons. The minimum atomic E-state index is -3.59. The molecule has 25 heavy (non-hydrogen) atoms. The zero-order valence-electron chi connectivity index (χ0n) is 13.9. The summed E-state index contributed by atoms with van der Waals surface area (Å²) in [4.78, 5) is 14.6. The first-order valence-electron chi connectivity index (χ1n) is 8.06. The lowest BCUT2D eigenvalue weighted by atomic mass is 9.95. The predicted molar refractivity (Wildman–Crippen MR) is 95.7 cm³/mol. The topological polar surface area (TPSA) is 92.5 Å². The summed E-state index contributed by atoms with van der Waals surface area (Å²) >= 11 is 0. The highest BCUT2D eigenvalue weighted by Gasteiger charge is 2.34. The Kier molecular flexibility index (Phi) is 4.89. The zero-order chi connectivity index (χ0) is 18.0. The number of sulfonamides is 1. The first kappa shape index (κ1) is 17.6. The molecule has 3 rings (SSSR count). The molecule has 0 unspecified atom stereocenters. The van der Waals surface area contributed by atoms with Crippen molar-refractivity contribution in [2.24, 2.45) is 5.73 Å². The van der Waals surface area contributed by atoms with E-state index in [-0.39, 0.29) is 22.8 Å². The number of nitrogens with zero attached hydrogens (tertiary/aromatic N) is 1. The Labute approximate surface area is 147 Å². The molecule has 7 heteroatoms. The van der Waals surface area contributed by atoms with Crippen molar-refractivity contribution in [1.82, 2.24) is 9.62 Å². The van der Waals surface area contributed by atoms with Crippen LogP contribution in [0.2, 0.25) is 0 Å². The summed E-state index contributed by atoms with van der Waals surface area (Å²) < 4.78 is 26.1. The van der Waals surface area contributed by atoms with E-state index in [1.165, 1.54) is 19.2 Å². The second kappa shape index (κ2) is 6.95. The molecule has 1 heterocycles. The van der Waals surface area contributed by atoms with Crippen LogP contribution in [0.25, 0.3) is 0 Å². The van der Waals surface area contributed by atoms with E-state index in [1.807, 2.05) is 30.3 Å². The molecule has 0 aliphatic carbocycles. The van der Waals surface area contributed by atoms with Crippen LogP contribution in [0.3, 0.4) is 0 Å². The van der Waals surface area contributed by atoms with E-state index in [4.69, 9.17) is 5.73 Å². The van der Waals surface area contributed by atoms with Crippen molar-refractivity contribution in [1.29, 1.82) is 0 Å². The van der Waals surface area contributed by atoms with Crippen molar-refractivity contribution in [3.05, 3.63) is 65.7 Å². The number of benzene rings is 2. The van der Waals surface area contributed by atoms with Crippen LogP contribution < -0.4 is 10.5 Å². The maximum Gasteiger partial charge on any atom is 0.253 e. The van der Waals surface area contributed by atoms with Crippen LogP contribution in [-0.4, -0.2) is 45.4 Å². The average molecular weight is 359 g/mol. The van der Waals surface area contributed by atoms with Gasteiger partial charge < -0.3 is 10.6 Å². The lowest BCUT2D eigenvalue weighted by molar-refractivity contribution is 0.0789. The number of likely N-dealkylation sites (tertiary alicyclic amines) is 1. The molecule has 2 atom stereocenters. The maximum absolute atomic E-state index is 12.8. The lowest BCUT2D eigenvalue weighted by Gasteiger charge is -2.17. The lowest BCUT2D eigenvalue weighted by Crippen LogP contribution is -2.32. The van der Waals surface area contributed by atoms with E-state index in [9.17, 15) is 13.2 Å². The van der Waals surface area contributed by atoms with Crippen molar-refractivity contribution in [3.8, 4) is 0 Å². The number of rotatable bonds is 4.